The summed E-state index contributed by atoms with van der Waals surface area (Å²) in [6.45, 7) is 2.86. The Kier molecular flexibility index (Phi) is 8.96. The summed E-state index contributed by atoms with van der Waals surface area (Å²) >= 11 is 0. The molecule has 6 nitrogen and oxygen atoms in total. The molecule has 0 radical (unpaired) electrons. The first-order valence-corrected chi connectivity index (χ1v) is 7.56. The molecule has 2 unspecified atom stereocenters. The number of ether oxygens (including phenoxy) is 1. The predicted octanol–water partition coefficient (Wildman–Crippen LogP) is 0.879. The van der Waals surface area contributed by atoms with Crippen LogP contribution in [0.4, 0.5) is 0 Å². The van der Waals surface area contributed by atoms with Crippen molar-refractivity contribution >= 4 is 24.2 Å². The topological polar surface area (TPSA) is 75.9 Å². The number of carbonyl (C=O) groups is 2. The fourth-order valence-electron chi connectivity index (χ4n) is 2.76. The summed E-state index contributed by atoms with van der Waals surface area (Å²) in [4.78, 5) is 27.8. The van der Waals surface area contributed by atoms with Gasteiger partial charge in [-0.15, -0.1) is 12.4 Å². The molecule has 2 N–H and O–H groups in total. The number of hydrogen-bond donors (Lipinski definition) is 1. The molecule has 1 aliphatic rings. The second kappa shape index (κ2) is 9.33. The lowest BCUT2D eigenvalue weighted by Gasteiger charge is -2.40. The van der Waals surface area contributed by atoms with E-state index in [9.17, 15) is 9.59 Å². The summed E-state index contributed by atoms with van der Waals surface area (Å²) in [7, 11) is 4.97. The van der Waals surface area contributed by atoms with Gasteiger partial charge in [-0.1, -0.05) is 12.8 Å². The van der Waals surface area contributed by atoms with Gasteiger partial charge in [-0.3, -0.25) is 9.59 Å². The molecule has 0 aromatic heterocycles. The first-order chi connectivity index (χ1) is 9.79. The number of hydrogen-bond acceptors (Lipinski definition) is 4. The number of nitrogens with zero attached hydrogens (tertiary/aromatic N) is 2. The minimum Gasteiger partial charge on any atom is -0.383 e. The van der Waals surface area contributed by atoms with E-state index < -0.39 is 5.54 Å². The number of likely N-dealkylation sites (N-methyl/N-ethyl adjacent to an activating group) is 1. The standard InChI is InChI=1S/C15H29N3O3.ClH/c1-15(16)8-6-5-7-12(15)14(20)18(9-10-21-4)11-13(19)17(2)3;/h12H,5-11,16H2,1-4H3;1H. The van der Waals surface area contributed by atoms with Gasteiger partial charge in [0.25, 0.3) is 0 Å². The maximum Gasteiger partial charge on any atom is 0.241 e. The zero-order valence-corrected chi connectivity index (χ0v) is 14.9. The molecular weight excluding hydrogens is 306 g/mol. The van der Waals surface area contributed by atoms with Crippen LogP contribution < -0.4 is 5.73 Å². The Balaban J connectivity index is 0.00000441. The summed E-state index contributed by atoms with van der Waals surface area (Å²) in [5, 5.41) is 0. The Bertz CT molecular complexity index is 375. The molecule has 0 heterocycles. The van der Waals surface area contributed by atoms with Crippen molar-refractivity contribution in [3.05, 3.63) is 0 Å². The molecule has 0 aromatic rings. The van der Waals surface area contributed by atoms with Crippen LogP contribution in [0.1, 0.15) is 32.6 Å². The molecule has 7 heteroatoms. The van der Waals surface area contributed by atoms with Crippen molar-refractivity contribution in [1.29, 1.82) is 0 Å². The first kappa shape index (κ1) is 21.1. The zero-order chi connectivity index (χ0) is 16.0. The first-order valence-electron chi connectivity index (χ1n) is 7.56. The van der Waals surface area contributed by atoms with Crippen LogP contribution in [0.2, 0.25) is 0 Å². The van der Waals surface area contributed by atoms with E-state index in [0.717, 1.165) is 25.7 Å². The summed E-state index contributed by atoms with van der Waals surface area (Å²) in [6, 6.07) is 0. The number of carbonyl (C=O) groups excluding carboxylic acids is 2. The van der Waals surface area contributed by atoms with E-state index in [1.165, 1.54) is 4.90 Å². The summed E-state index contributed by atoms with van der Waals surface area (Å²) in [6.07, 6.45) is 3.73. The SMILES string of the molecule is COCCN(CC(=O)N(C)C)C(=O)C1CCCCC1(C)N.Cl. The molecule has 2 atom stereocenters. The Labute approximate surface area is 139 Å². The quantitative estimate of drug-likeness (QED) is 0.781. The lowest BCUT2D eigenvalue weighted by atomic mass is 9.74. The molecule has 130 valence electrons. The van der Waals surface area contributed by atoms with Gasteiger partial charge in [-0.05, 0) is 19.8 Å². The molecular formula is C15H30ClN3O3. The lowest BCUT2D eigenvalue weighted by Crippen LogP contribution is -2.55. The maximum atomic E-state index is 12.8. The third-order valence-corrected chi connectivity index (χ3v) is 4.25. The van der Waals surface area contributed by atoms with Crippen LogP contribution in [0.25, 0.3) is 0 Å². The smallest absolute Gasteiger partial charge is 0.241 e. The molecule has 0 spiro atoms. The van der Waals surface area contributed by atoms with E-state index in [1.807, 2.05) is 6.92 Å². The zero-order valence-electron chi connectivity index (χ0n) is 14.1. The fourth-order valence-corrected chi connectivity index (χ4v) is 2.76. The maximum absolute atomic E-state index is 12.8. The summed E-state index contributed by atoms with van der Waals surface area (Å²) < 4.78 is 5.05. The van der Waals surface area contributed by atoms with Gasteiger partial charge in [0.15, 0.2) is 0 Å². The predicted molar refractivity (Wildman–Crippen MR) is 88.9 cm³/mol. The van der Waals surface area contributed by atoms with Crippen LogP contribution in [0, 0.1) is 5.92 Å². The van der Waals surface area contributed by atoms with Crippen LogP contribution in [0.3, 0.4) is 0 Å². The highest BCUT2D eigenvalue weighted by atomic mass is 35.5. The highest BCUT2D eigenvalue weighted by Crippen LogP contribution is 2.32. The van der Waals surface area contributed by atoms with Crippen LogP contribution in [-0.2, 0) is 14.3 Å². The molecule has 1 rings (SSSR count). The van der Waals surface area contributed by atoms with Gasteiger partial charge < -0.3 is 20.3 Å². The van der Waals surface area contributed by atoms with Crippen LogP contribution in [-0.4, -0.2) is 68.1 Å². The van der Waals surface area contributed by atoms with E-state index in [4.69, 9.17) is 10.5 Å². The van der Waals surface area contributed by atoms with Crippen molar-refractivity contribution in [3.63, 3.8) is 0 Å². The molecule has 0 bridgehead atoms. The van der Waals surface area contributed by atoms with Crippen molar-refractivity contribution in [2.24, 2.45) is 11.7 Å². The van der Waals surface area contributed by atoms with Gasteiger partial charge in [-0.25, -0.2) is 0 Å². The molecule has 1 saturated carbocycles. The minimum atomic E-state index is -0.484. The van der Waals surface area contributed by atoms with Crippen molar-refractivity contribution < 1.29 is 14.3 Å². The van der Waals surface area contributed by atoms with Crippen LogP contribution >= 0.6 is 12.4 Å². The van der Waals surface area contributed by atoms with Gasteiger partial charge in [0, 0.05) is 33.3 Å². The van der Waals surface area contributed by atoms with Gasteiger partial charge in [0.2, 0.25) is 11.8 Å². The third kappa shape index (κ3) is 5.74. The van der Waals surface area contributed by atoms with Gasteiger partial charge in [0.1, 0.15) is 0 Å². The Morgan fingerprint density at radius 3 is 2.45 bits per heavy atom. The minimum absolute atomic E-state index is 0. The van der Waals surface area contributed by atoms with Crippen molar-refractivity contribution in [2.45, 2.75) is 38.1 Å². The molecule has 1 fully saturated rings. The van der Waals surface area contributed by atoms with Gasteiger partial charge >= 0.3 is 0 Å². The number of rotatable bonds is 6. The van der Waals surface area contributed by atoms with Gasteiger partial charge in [0.05, 0.1) is 19.1 Å². The van der Waals surface area contributed by atoms with Crippen molar-refractivity contribution in [1.82, 2.24) is 9.80 Å². The van der Waals surface area contributed by atoms with Crippen LogP contribution in [0.5, 0.6) is 0 Å². The number of nitrogens with two attached hydrogens (primary N) is 1. The Hall–Kier alpha value is -0.850. The second-order valence-corrected chi connectivity index (χ2v) is 6.34. The average molecular weight is 336 g/mol. The van der Waals surface area contributed by atoms with E-state index in [-0.39, 0.29) is 36.7 Å². The van der Waals surface area contributed by atoms with E-state index in [1.54, 1.807) is 26.1 Å². The molecule has 1 aliphatic carbocycles. The van der Waals surface area contributed by atoms with Crippen molar-refractivity contribution in [2.75, 3.05) is 40.9 Å². The molecule has 0 aromatic carbocycles. The van der Waals surface area contributed by atoms with E-state index >= 15 is 0 Å². The second-order valence-electron chi connectivity index (χ2n) is 6.34. The van der Waals surface area contributed by atoms with E-state index in [0.29, 0.717) is 13.2 Å². The average Bonchev–Trinajstić information content (AvgIpc) is 2.41. The number of methoxy groups -OCH3 is 1. The van der Waals surface area contributed by atoms with E-state index in [2.05, 4.69) is 0 Å². The number of halogens is 1. The molecule has 0 aliphatic heterocycles. The highest BCUT2D eigenvalue weighted by molar-refractivity contribution is 5.86. The van der Waals surface area contributed by atoms with Crippen molar-refractivity contribution in [3.8, 4) is 0 Å². The van der Waals surface area contributed by atoms with Gasteiger partial charge in [-0.2, -0.15) is 0 Å². The molecule has 0 saturated heterocycles. The largest absolute Gasteiger partial charge is 0.383 e. The molecule has 22 heavy (non-hydrogen) atoms. The van der Waals surface area contributed by atoms with Crippen LogP contribution in [0.15, 0.2) is 0 Å². The Morgan fingerprint density at radius 1 is 1.32 bits per heavy atom. The summed E-state index contributed by atoms with van der Waals surface area (Å²) in [5.74, 6) is -0.320. The molecule has 2 amide bonds. The normalized spacial score (nSPS) is 24.3. The summed E-state index contributed by atoms with van der Waals surface area (Å²) in [5.41, 5.74) is 5.82. The lowest BCUT2D eigenvalue weighted by molar-refractivity contribution is -0.145. The monoisotopic (exact) mass is 335 g/mol. The number of amides is 2. The fraction of sp³-hybridized carbons (Fsp3) is 0.867. The third-order valence-electron chi connectivity index (χ3n) is 4.25. The Morgan fingerprint density at radius 2 is 1.95 bits per heavy atom. The highest BCUT2D eigenvalue weighted by Gasteiger charge is 2.40.